The number of amides is 1. The predicted molar refractivity (Wildman–Crippen MR) is 82.1 cm³/mol. The van der Waals surface area contributed by atoms with Crippen LogP contribution in [0.25, 0.3) is 0 Å². The first-order chi connectivity index (χ1) is 10.5. The molecule has 0 aliphatic carbocycles. The summed E-state index contributed by atoms with van der Waals surface area (Å²) in [5.74, 6) is -1.42. The Balaban J connectivity index is 2.25. The summed E-state index contributed by atoms with van der Waals surface area (Å²) in [5.41, 5.74) is 1.41. The zero-order valence-electron chi connectivity index (χ0n) is 12.1. The third-order valence-corrected chi connectivity index (χ3v) is 3.19. The Morgan fingerprint density at radius 2 is 1.91 bits per heavy atom. The zero-order valence-corrected chi connectivity index (χ0v) is 12.1. The van der Waals surface area contributed by atoms with Crippen LogP contribution in [0.15, 0.2) is 47.4 Å². The summed E-state index contributed by atoms with van der Waals surface area (Å²) < 4.78 is 1.03. The van der Waals surface area contributed by atoms with Gasteiger partial charge in [-0.15, -0.1) is 0 Å². The number of rotatable bonds is 5. The second kappa shape index (κ2) is 6.71. The SMILES string of the molecule is CCc1ccccc1C(=O)Nc1ccc(=O)n(CC(=O)O)c1. The van der Waals surface area contributed by atoms with Gasteiger partial charge < -0.3 is 15.0 Å². The molecular weight excluding hydrogens is 284 g/mol. The number of nitrogens with one attached hydrogen (secondary N) is 1. The van der Waals surface area contributed by atoms with Gasteiger partial charge in [-0.3, -0.25) is 14.4 Å². The van der Waals surface area contributed by atoms with Crippen LogP contribution in [0.4, 0.5) is 5.69 Å². The summed E-state index contributed by atoms with van der Waals surface area (Å²) in [7, 11) is 0. The Hall–Kier alpha value is -2.89. The largest absolute Gasteiger partial charge is 0.480 e. The Kier molecular flexibility index (Phi) is 4.73. The summed E-state index contributed by atoms with van der Waals surface area (Å²) in [4.78, 5) is 34.6. The maximum atomic E-state index is 12.3. The molecule has 0 radical (unpaired) electrons. The van der Waals surface area contributed by atoms with Gasteiger partial charge in [0.2, 0.25) is 0 Å². The Bertz CT molecular complexity index is 765. The third-order valence-electron chi connectivity index (χ3n) is 3.19. The Morgan fingerprint density at radius 1 is 1.18 bits per heavy atom. The Labute approximate surface area is 127 Å². The van der Waals surface area contributed by atoms with Gasteiger partial charge in [0.25, 0.3) is 11.5 Å². The molecule has 0 saturated carbocycles. The van der Waals surface area contributed by atoms with E-state index in [0.717, 1.165) is 16.6 Å². The Morgan fingerprint density at radius 3 is 2.59 bits per heavy atom. The second-order valence-corrected chi connectivity index (χ2v) is 4.74. The van der Waals surface area contributed by atoms with Crippen molar-refractivity contribution in [3.05, 3.63) is 64.1 Å². The van der Waals surface area contributed by atoms with Crippen LogP contribution in [0.5, 0.6) is 0 Å². The van der Waals surface area contributed by atoms with Crippen molar-refractivity contribution in [2.75, 3.05) is 5.32 Å². The highest BCUT2D eigenvalue weighted by Crippen LogP contribution is 2.12. The molecule has 1 heterocycles. The number of aryl methyl sites for hydroxylation is 1. The monoisotopic (exact) mass is 300 g/mol. The lowest BCUT2D eigenvalue weighted by molar-refractivity contribution is -0.137. The molecule has 0 aliphatic heterocycles. The van der Waals surface area contributed by atoms with Crippen LogP contribution in [0.3, 0.4) is 0 Å². The van der Waals surface area contributed by atoms with E-state index in [4.69, 9.17) is 5.11 Å². The molecule has 1 amide bonds. The first kappa shape index (κ1) is 15.5. The fourth-order valence-corrected chi connectivity index (χ4v) is 2.12. The highest BCUT2D eigenvalue weighted by atomic mass is 16.4. The number of hydrogen-bond acceptors (Lipinski definition) is 3. The smallest absolute Gasteiger partial charge is 0.323 e. The quantitative estimate of drug-likeness (QED) is 0.880. The number of carboxylic acid groups (broad SMARTS) is 1. The number of pyridine rings is 1. The van der Waals surface area contributed by atoms with Crippen LogP contribution in [-0.2, 0) is 17.8 Å². The van der Waals surface area contributed by atoms with Crippen LogP contribution in [0.2, 0.25) is 0 Å². The molecule has 0 unspecified atom stereocenters. The van der Waals surface area contributed by atoms with Gasteiger partial charge in [-0.1, -0.05) is 25.1 Å². The first-order valence-electron chi connectivity index (χ1n) is 6.82. The van der Waals surface area contributed by atoms with E-state index >= 15 is 0 Å². The number of aliphatic carboxylic acids is 1. The number of carbonyl (C=O) groups excluding carboxylic acids is 1. The van der Waals surface area contributed by atoms with E-state index in [1.807, 2.05) is 19.1 Å². The minimum Gasteiger partial charge on any atom is -0.480 e. The molecule has 6 nitrogen and oxygen atoms in total. The molecule has 2 N–H and O–H groups in total. The van der Waals surface area contributed by atoms with E-state index in [1.165, 1.54) is 18.3 Å². The fraction of sp³-hybridized carbons (Fsp3) is 0.188. The highest BCUT2D eigenvalue weighted by Gasteiger charge is 2.11. The van der Waals surface area contributed by atoms with Gasteiger partial charge >= 0.3 is 5.97 Å². The minimum absolute atomic E-state index is 0.294. The number of hydrogen-bond donors (Lipinski definition) is 2. The lowest BCUT2D eigenvalue weighted by Gasteiger charge is -2.10. The number of aromatic nitrogens is 1. The van der Waals surface area contributed by atoms with Crippen molar-refractivity contribution in [2.45, 2.75) is 19.9 Å². The van der Waals surface area contributed by atoms with Gasteiger partial charge in [-0.2, -0.15) is 0 Å². The van der Waals surface area contributed by atoms with Gasteiger partial charge in [0.1, 0.15) is 6.54 Å². The van der Waals surface area contributed by atoms with Gasteiger partial charge in [-0.25, -0.2) is 0 Å². The van der Waals surface area contributed by atoms with Crippen molar-refractivity contribution in [2.24, 2.45) is 0 Å². The number of anilines is 1. The number of benzene rings is 1. The van der Waals surface area contributed by atoms with Crippen LogP contribution < -0.4 is 10.9 Å². The molecule has 1 aromatic carbocycles. The molecule has 0 fully saturated rings. The van der Waals surface area contributed by atoms with Crippen LogP contribution in [0.1, 0.15) is 22.8 Å². The van der Waals surface area contributed by atoms with Crippen LogP contribution in [-0.4, -0.2) is 21.6 Å². The van der Waals surface area contributed by atoms with Crippen molar-refractivity contribution >= 4 is 17.6 Å². The van der Waals surface area contributed by atoms with Crippen molar-refractivity contribution in [3.8, 4) is 0 Å². The van der Waals surface area contributed by atoms with E-state index in [0.29, 0.717) is 11.3 Å². The van der Waals surface area contributed by atoms with Crippen LogP contribution >= 0.6 is 0 Å². The summed E-state index contributed by atoms with van der Waals surface area (Å²) in [6, 6.07) is 9.92. The fourth-order valence-electron chi connectivity index (χ4n) is 2.12. The lowest BCUT2D eigenvalue weighted by Crippen LogP contribution is -2.24. The van der Waals surface area contributed by atoms with E-state index in [1.54, 1.807) is 12.1 Å². The van der Waals surface area contributed by atoms with Crippen molar-refractivity contribution in [3.63, 3.8) is 0 Å². The number of nitrogens with zero attached hydrogens (tertiary/aromatic N) is 1. The first-order valence-corrected chi connectivity index (χ1v) is 6.82. The van der Waals surface area contributed by atoms with Gasteiger partial charge in [0, 0.05) is 17.8 Å². The van der Waals surface area contributed by atoms with E-state index in [2.05, 4.69) is 5.32 Å². The maximum absolute atomic E-state index is 12.3. The highest BCUT2D eigenvalue weighted by molar-refractivity contribution is 6.05. The predicted octanol–water partition coefficient (Wildman–Crippen LogP) is 1.75. The maximum Gasteiger partial charge on any atom is 0.323 e. The molecule has 6 heteroatoms. The van der Waals surface area contributed by atoms with E-state index in [9.17, 15) is 14.4 Å². The molecule has 0 saturated heterocycles. The molecule has 1 aromatic heterocycles. The normalized spacial score (nSPS) is 10.2. The molecule has 2 rings (SSSR count). The molecule has 2 aromatic rings. The summed E-state index contributed by atoms with van der Waals surface area (Å²) in [6.07, 6.45) is 2.05. The zero-order chi connectivity index (χ0) is 16.1. The second-order valence-electron chi connectivity index (χ2n) is 4.74. The average Bonchev–Trinajstić information content (AvgIpc) is 2.50. The van der Waals surface area contributed by atoms with Crippen molar-refractivity contribution in [1.82, 2.24) is 4.57 Å². The number of carboxylic acids is 1. The molecule has 114 valence electrons. The molecular formula is C16H16N2O4. The van der Waals surface area contributed by atoms with Crippen LogP contribution in [0, 0.1) is 0 Å². The average molecular weight is 300 g/mol. The van der Waals surface area contributed by atoms with E-state index in [-0.39, 0.29) is 5.91 Å². The van der Waals surface area contributed by atoms with Gasteiger partial charge in [-0.05, 0) is 24.1 Å². The van der Waals surface area contributed by atoms with Crippen molar-refractivity contribution < 1.29 is 14.7 Å². The molecule has 0 bridgehead atoms. The van der Waals surface area contributed by atoms with Crippen molar-refractivity contribution in [1.29, 1.82) is 0 Å². The summed E-state index contributed by atoms with van der Waals surface area (Å²) in [6.45, 7) is 1.51. The summed E-state index contributed by atoms with van der Waals surface area (Å²) >= 11 is 0. The standard InChI is InChI=1S/C16H16N2O4/c1-2-11-5-3-4-6-13(11)16(22)17-12-7-8-14(19)18(9-12)10-15(20)21/h3-9H,2,10H2,1H3,(H,17,22)(H,20,21). The number of carbonyl (C=O) groups is 2. The summed E-state index contributed by atoms with van der Waals surface area (Å²) in [5, 5.41) is 11.4. The third kappa shape index (κ3) is 3.60. The van der Waals surface area contributed by atoms with Gasteiger partial charge in [0.05, 0.1) is 5.69 Å². The van der Waals surface area contributed by atoms with Gasteiger partial charge in [0.15, 0.2) is 0 Å². The molecule has 0 atom stereocenters. The topological polar surface area (TPSA) is 88.4 Å². The molecule has 0 aliphatic rings. The molecule has 22 heavy (non-hydrogen) atoms. The van der Waals surface area contributed by atoms with E-state index < -0.39 is 18.1 Å². The minimum atomic E-state index is -1.12. The lowest BCUT2D eigenvalue weighted by atomic mass is 10.0. The molecule has 0 spiro atoms.